The first-order valence-electron chi connectivity index (χ1n) is 8.77. The summed E-state index contributed by atoms with van der Waals surface area (Å²) in [6, 6.07) is 11.7. The minimum absolute atomic E-state index is 0.00555. The van der Waals surface area contributed by atoms with Crippen molar-refractivity contribution in [2.75, 3.05) is 6.61 Å². The van der Waals surface area contributed by atoms with Crippen LogP contribution < -0.4 is 5.32 Å². The molecule has 8 heteroatoms. The molecule has 0 aliphatic carbocycles. The predicted molar refractivity (Wildman–Crippen MR) is 109 cm³/mol. The number of fused-ring (bicyclic) bond motifs is 1. The number of esters is 1. The van der Waals surface area contributed by atoms with Crippen molar-refractivity contribution in [1.82, 2.24) is 14.9 Å². The second-order valence-electron chi connectivity index (χ2n) is 6.17. The zero-order valence-electron chi connectivity index (χ0n) is 15.4. The van der Waals surface area contributed by atoms with Crippen LogP contribution in [0.2, 0.25) is 10.0 Å². The van der Waals surface area contributed by atoms with Gasteiger partial charge < -0.3 is 14.6 Å². The molecule has 0 bridgehead atoms. The lowest BCUT2D eigenvalue weighted by Crippen LogP contribution is -2.29. The van der Waals surface area contributed by atoms with Crippen molar-refractivity contribution in [3.63, 3.8) is 0 Å². The standard InChI is InChI=1S/C20H19Cl2N3O3/c1-3-28-18(26)11-25-17-7-5-4-6-16(17)24-19(25)12(2)23-20(27)14-9-8-13(21)10-15(14)22/h4-10,12H,3,11H2,1-2H3,(H,23,27)/t12-/m0/s1. The number of ether oxygens (including phenoxy) is 1. The van der Waals surface area contributed by atoms with Gasteiger partial charge in [0.05, 0.1) is 34.3 Å². The molecule has 1 atom stereocenters. The highest BCUT2D eigenvalue weighted by molar-refractivity contribution is 6.36. The summed E-state index contributed by atoms with van der Waals surface area (Å²) in [6.45, 7) is 3.85. The summed E-state index contributed by atoms with van der Waals surface area (Å²) in [7, 11) is 0. The van der Waals surface area contributed by atoms with Crippen LogP contribution in [-0.4, -0.2) is 28.0 Å². The Labute approximate surface area is 172 Å². The molecule has 3 aromatic rings. The Morgan fingerprint density at radius 1 is 1.21 bits per heavy atom. The SMILES string of the molecule is CCOC(=O)Cn1c([C@H](C)NC(=O)c2ccc(Cl)cc2Cl)nc2ccccc21. The molecule has 0 fully saturated rings. The largest absolute Gasteiger partial charge is 0.465 e. The van der Waals surface area contributed by atoms with E-state index in [1.807, 2.05) is 24.3 Å². The van der Waals surface area contributed by atoms with Crippen LogP contribution in [0, 0.1) is 0 Å². The number of carbonyl (C=O) groups excluding carboxylic acids is 2. The van der Waals surface area contributed by atoms with Gasteiger partial charge in [-0.25, -0.2) is 4.98 Å². The molecule has 0 aliphatic heterocycles. The van der Waals surface area contributed by atoms with Gasteiger partial charge in [-0.1, -0.05) is 35.3 Å². The maximum atomic E-state index is 12.6. The number of nitrogens with zero attached hydrogens (tertiary/aromatic N) is 2. The van der Waals surface area contributed by atoms with Crippen molar-refractivity contribution in [3.05, 3.63) is 63.9 Å². The van der Waals surface area contributed by atoms with Crippen LogP contribution in [0.3, 0.4) is 0 Å². The number of halogens is 2. The van der Waals surface area contributed by atoms with Gasteiger partial charge in [-0.3, -0.25) is 9.59 Å². The number of rotatable bonds is 6. The van der Waals surface area contributed by atoms with Crippen molar-refractivity contribution >= 4 is 46.1 Å². The van der Waals surface area contributed by atoms with Gasteiger partial charge in [0, 0.05) is 5.02 Å². The number of imidazole rings is 1. The first-order valence-corrected chi connectivity index (χ1v) is 9.53. The lowest BCUT2D eigenvalue weighted by Gasteiger charge is -2.16. The van der Waals surface area contributed by atoms with Gasteiger partial charge in [0.1, 0.15) is 12.4 Å². The van der Waals surface area contributed by atoms with Gasteiger partial charge in [0.15, 0.2) is 0 Å². The van der Waals surface area contributed by atoms with Crippen molar-refractivity contribution in [2.24, 2.45) is 0 Å². The van der Waals surface area contributed by atoms with Crippen LogP contribution in [0.4, 0.5) is 0 Å². The maximum absolute atomic E-state index is 12.6. The summed E-state index contributed by atoms with van der Waals surface area (Å²) in [6.07, 6.45) is 0. The van der Waals surface area contributed by atoms with Crippen LogP contribution in [0.5, 0.6) is 0 Å². The molecular formula is C20H19Cl2N3O3. The summed E-state index contributed by atoms with van der Waals surface area (Å²) >= 11 is 12.0. The highest BCUT2D eigenvalue weighted by Crippen LogP contribution is 2.24. The fourth-order valence-electron chi connectivity index (χ4n) is 2.94. The normalized spacial score (nSPS) is 12.0. The van der Waals surface area contributed by atoms with E-state index in [0.717, 1.165) is 11.0 Å². The van der Waals surface area contributed by atoms with Crippen molar-refractivity contribution in [1.29, 1.82) is 0 Å². The van der Waals surface area contributed by atoms with Gasteiger partial charge in [0.25, 0.3) is 5.91 Å². The topological polar surface area (TPSA) is 73.2 Å². The molecule has 1 amide bonds. The van der Waals surface area contributed by atoms with Crippen LogP contribution in [0.25, 0.3) is 11.0 Å². The van der Waals surface area contributed by atoms with E-state index in [-0.39, 0.29) is 23.4 Å². The second kappa shape index (κ2) is 8.63. The number of carbonyl (C=O) groups is 2. The van der Waals surface area contributed by atoms with E-state index in [9.17, 15) is 9.59 Å². The molecule has 0 spiro atoms. The molecular weight excluding hydrogens is 401 g/mol. The van der Waals surface area contributed by atoms with E-state index < -0.39 is 6.04 Å². The zero-order chi connectivity index (χ0) is 20.3. The molecule has 28 heavy (non-hydrogen) atoms. The van der Waals surface area contributed by atoms with E-state index in [2.05, 4.69) is 10.3 Å². The number of aromatic nitrogens is 2. The third-order valence-corrected chi connectivity index (χ3v) is 4.74. The monoisotopic (exact) mass is 419 g/mol. The van der Waals surface area contributed by atoms with Crippen LogP contribution in [-0.2, 0) is 16.1 Å². The van der Waals surface area contributed by atoms with E-state index in [1.54, 1.807) is 30.5 Å². The Hall–Kier alpha value is -2.57. The van der Waals surface area contributed by atoms with Gasteiger partial charge in [-0.05, 0) is 44.2 Å². The average Bonchev–Trinajstić information content (AvgIpc) is 3.00. The number of hydrogen-bond donors (Lipinski definition) is 1. The minimum Gasteiger partial charge on any atom is -0.465 e. The summed E-state index contributed by atoms with van der Waals surface area (Å²) in [4.78, 5) is 29.3. The van der Waals surface area contributed by atoms with Crippen molar-refractivity contribution < 1.29 is 14.3 Å². The summed E-state index contributed by atoms with van der Waals surface area (Å²) < 4.78 is 6.82. The highest BCUT2D eigenvalue weighted by atomic mass is 35.5. The molecule has 0 saturated carbocycles. The first kappa shape index (κ1) is 20.2. The molecule has 146 valence electrons. The van der Waals surface area contributed by atoms with Crippen molar-refractivity contribution in [3.8, 4) is 0 Å². The van der Waals surface area contributed by atoms with Crippen LogP contribution in [0.1, 0.15) is 36.1 Å². The quantitative estimate of drug-likeness (QED) is 0.600. The molecule has 6 nitrogen and oxygen atoms in total. The molecule has 0 aliphatic rings. The predicted octanol–water partition coefficient (Wildman–Crippen LogP) is 4.40. The lowest BCUT2D eigenvalue weighted by molar-refractivity contribution is -0.143. The summed E-state index contributed by atoms with van der Waals surface area (Å²) in [5.74, 6) is -0.178. The van der Waals surface area contributed by atoms with Crippen LogP contribution >= 0.6 is 23.2 Å². The number of benzene rings is 2. The number of nitrogens with one attached hydrogen (secondary N) is 1. The Morgan fingerprint density at radius 3 is 2.68 bits per heavy atom. The molecule has 1 N–H and O–H groups in total. The Morgan fingerprint density at radius 2 is 1.96 bits per heavy atom. The number of hydrogen-bond acceptors (Lipinski definition) is 4. The molecule has 0 saturated heterocycles. The summed E-state index contributed by atoms with van der Waals surface area (Å²) in [5, 5.41) is 3.59. The van der Waals surface area contributed by atoms with Gasteiger partial charge >= 0.3 is 5.97 Å². The average molecular weight is 420 g/mol. The molecule has 0 unspecified atom stereocenters. The Bertz CT molecular complexity index is 1030. The van der Waals surface area contributed by atoms with Gasteiger partial charge in [-0.15, -0.1) is 0 Å². The van der Waals surface area contributed by atoms with E-state index >= 15 is 0 Å². The third kappa shape index (κ3) is 4.29. The van der Waals surface area contributed by atoms with Crippen molar-refractivity contribution in [2.45, 2.75) is 26.4 Å². The molecule has 0 radical (unpaired) electrons. The van der Waals surface area contributed by atoms with Crippen LogP contribution in [0.15, 0.2) is 42.5 Å². The number of para-hydroxylation sites is 2. The van der Waals surface area contributed by atoms with Gasteiger partial charge in [0.2, 0.25) is 0 Å². The third-order valence-electron chi connectivity index (χ3n) is 4.19. The fraction of sp³-hybridized carbons (Fsp3) is 0.250. The molecule has 1 aromatic heterocycles. The lowest BCUT2D eigenvalue weighted by atomic mass is 10.2. The Kier molecular flexibility index (Phi) is 6.21. The highest BCUT2D eigenvalue weighted by Gasteiger charge is 2.21. The molecule has 2 aromatic carbocycles. The van der Waals surface area contributed by atoms with E-state index in [4.69, 9.17) is 27.9 Å². The summed E-state index contributed by atoms with van der Waals surface area (Å²) in [5.41, 5.74) is 1.83. The fourth-order valence-corrected chi connectivity index (χ4v) is 3.43. The zero-order valence-corrected chi connectivity index (χ0v) is 16.9. The smallest absolute Gasteiger partial charge is 0.326 e. The molecule has 3 rings (SSSR count). The van der Waals surface area contributed by atoms with E-state index in [0.29, 0.717) is 23.0 Å². The first-order chi connectivity index (χ1) is 13.4. The Balaban J connectivity index is 1.91. The number of amides is 1. The maximum Gasteiger partial charge on any atom is 0.326 e. The van der Waals surface area contributed by atoms with Gasteiger partial charge in [-0.2, -0.15) is 0 Å². The molecule has 1 heterocycles. The second-order valence-corrected chi connectivity index (χ2v) is 7.01. The van der Waals surface area contributed by atoms with E-state index in [1.165, 1.54) is 6.07 Å². The minimum atomic E-state index is -0.471.